The molecule has 0 amide bonds. The maximum Gasteiger partial charge on any atom is 0.225 e. The quantitative estimate of drug-likeness (QED) is 0.786. The van der Waals surface area contributed by atoms with Gasteiger partial charge in [-0.3, -0.25) is 0 Å². The first-order valence-corrected chi connectivity index (χ1v) is 6.97. The third kappa shape index (κ3) is 4.06. The van der Waals surface area contributed by atoms with Crippen molar-refractivity contribution in [3.05, 3.63) is 41.6 Å². The van der Waals surface area contributed by atoms with Crippen molar-refractivity contribution in [2.75, 3.05) is 18.5 Å². The van der Waals surface area contributed by atoms with Gasteiger partial charge in [-0.05, 0) is 32.0 Å². The van der Waals surface area contributed by atoms with Crippen molar-refractivity contribution in [2.24, 2.45) is 0 Å². The van der Waals surface area contributed by atoms with Crippen LogP contribution in [0.1, 0.15) is 30.4 Å². The van der Waals surface area contributed by atoms with Gasteiger partial charge in [0, 0.05) is 31.5 Å². The molecule has 0 atom stereocenters. The topological polar surface area (TPSA) is 54.2 Å². The van der Waals surface area contributed by atoms with Gasteiger partial charge in [0.2, 0.25) is 5.95 Å². The van der Waals surface area contributed by atoms with Crippen molar-refractivity contribution in [2.45, 2.75) is 33.4 Å². The fraction of sp³-hybridized carbons (Fsp3) is 0.467. The summed E-state index contributed by atoms with van der Waals surface area (Å²) in [6.45, 7) is 6.59. The summed E-state index contributed by atoms with van der Waals surface area (Å²) in [4.78, 5) is 10.8. The number of rotatable bonds is 7. The van der Waals surface area contributed by atoms with Gasteiger partial charge >= 0.3 is 0 Å². The second kappa shape index (κ2) is 7.05. The summed E-state index contributed by atoms with van der Waals surface area (Å²) in [5.41, 5.74) is 1.10. The number of furan rings is 1. The highest BCUT2D eigenvalue weighted by Gasteiger charge is 2.07. The summed E-state index contributed by atoms with van der Waals surface area (Å²) in [6.07, 6.45) is 4.87. The van der Waals surface area contributed by atoms with Crippen LogP contribution in [0.4, 0.5) is 5.95 Å². The lowest BCUT2D eigenvalue weighted by molar-refractivity contribution is 0.480. The van der Waals surface area contributed by atoms with Crippen molar-refractivity contribution in [1.82, 2.24) is 15.3 Å². The second-order valence-electron chi connectivity index (χ2n) is 4.94. The van der Waals surface area contributed by atoms with Crippen molar-refractivity contribution < 1.29 is 4.42 Å². The van der Waals surface area contributed by atoms with Crippen molar-refractivity contribution >= 4 is 5.95 Å². The molecule has 0 spiro atoms. The summed E-state index contributed by atoms with van der Waals surface area (Å²) in [7, 11) is 1.96. The first kappa shape index (κ1) is 14.5. The van der Waals surface area contributed by atoms with Crippen molar-refractivity contribution in [3.8, 4) is 0 Å². The molecule has 2 aromatic rings. The summed E-state index contributed by atoms with van der Waals surface area (Å²) >= 11 is 0. The highest BCUT2D eigenvalue weighted by molar-refractivity contribution is 5.29. The molecule has 0 unspecified atom stereocenters. The molecule has 5 heteroatoms. The zero-order valence-electron chi connectivity index (χ0n) is 12.4. The van der Waals surface area contributed by atoms with Gasteiger partial charge in [0.05, 0.1) is 6.54 Å². The maximum atomic E-state index is 5.56. The molecule has 0 bridgehead atoms. The first-order chi connectivity index (χ1) is 9.69. The van der Waals surface area contributed by atoms with Crippen LogP contribution in [0.25, 0.3) is 0 Å². The van der Waals surface area contributed by atoms with Crippen LogP contribution in [0, 0.1) is 6.92 Å². The van der Waals surface area contributed by atoms with E-state index < -0.39 is 0 Å². The second-order valence-corrected chi connectivity index (χ2v) is 4.94. The molecule has 2 heterocycles. The average molecular weight is 274 g/mol. The molecule has 0 radical (unpaired) electrons. The molecular weight excluding hydrogens is 252 g/mol. The Hall–Kier alpha value is -1.88. The fourth-order valence-electron chi connectivity index (χ4n) is 1.92. The van der Waals surface area contributed by atoms with E-state index in [4.69, 9.17) is 4.42 Å². The molecule has 5 nitrogen and oxygen atoms in total. The summed E-state index contributed by atoms with van der Waals surface area (Å²) in [6, 6.07) is 3.95. The van der Waals surface area contributed by atoms with Crippen LogP contribution >= 0.6 is 0 Å². The van der Waals surface area contributed by atoms with Crippen LogP contribution in [0.5, 0.6) is 0 Å². The molecule has 0 aliphatic rings. The minimum Gasteiger partial charge on any atom is -0.464 e. The smallest absolute Gasteiger partial charge is 0.225 e. The summed E-state index contributed by atoms with van der Waals surface area (Å²) in [5, 5.41) is 3.33. The normalized spacial score (nSPS) is 10.8. The monoisotopic (exact) mass is 274 g/mol. The Kier molecular flexibility index (Phi) is 5.12. The molecule has 0 aliphatic carbocycles. The van der Waals surface area contributed by atoms with E-state index in [1.54, 1.807) is 0 Å². The largest absolute Gasteiger partial charge is 0.464 e. The zero-order chi connectivity index (χ0) is 14.4. The summed E-state index contributed by atoms with van der Waals surface area (Å²) in [5.74, 6) is 2.55. The number of aromatic nitrogens is 2. The fourth-order valence-corrected chi connectivity index (χ4v) is 1.92. The number of anilines is 1. The van der Waals surface area contributed by atoms with Crippen LogP contribution in [-0.2, 0) is 13.1 Å². The molecule has 0 saturated carbocycles. The third-order valence-electron chi connectivity index (χ3n) is 2.98. The lowest BCUT2D eigenvalue weighted by Gasteiger charge is -2.15. The number of nitrogens with one attached hydrogen (secondary N) is 1. The van der Waals surface area contributed by atoms with Crippen LogP contribution < -0.4 is 10.2 Å². The third-order valence-corrected chi connectivity index (χ3v) is 2.98. The molecule has 20 heavy (non-hydrogen) atoms. The van der Waals surface area contributed by atoms with E-state index in [9.17, 15) is 0 Å². The Bertz CT molecular complexity index is 521. The van der Waals surface area contributed by atoms with Gasteiger partial charge in [-0.2, -0.15) is 0 Å². The van der Waals surface area contributed by atoms with Crippen LogP contribution in [0.15, 0.2) is 28.9 Å². The number of hydrogen-bond donors (Lipinski definition) is 1. The Balaban J connectivity index is 1.91. The SMILES string of the molecule is CCCNCc1cnc(N(C)Cc2ccc(C)o2)nc1. The molecule has 108 valence electrons. The molecule has 1 N–H and O–H groups in total. The van der Waals surface area contributed by atoms with Crippen LogP contribution in [-0.4, -0.2) is 23.6 Å². The Morgan fingerprint density at radius 1 is 1.25 bits per heavy atom. The predicted octanol–water partition coefficient (Wildman–Crippen LogP) is 2.51. The molecular formula is C15H22N4O. The zero-order valence-corrected chi connectivity index (χ0v) is 12.4. The van der Waals surface area contributed by atoms with E-state index >= 15 is 0 Å². The van der Waals surface area contributed by atoms with Gasteiger partial charge in [0.1, 0.15) is 11.5 Å². The molecule has 2 rings (SSSR count). The minimum absolute atomic E-state index is 0.668. The van der Waals surface area contributed by atoms with Crippen LogP contribution in [0.2, 0.25) is 0 Å². The summed E-state index contributed by atoms with van der Waals surface area (Å²) < 4.78 is 5.56. The highest BCUT2D eigenvalue weighted by Crippen LogP contribution is 2.12. The first-order valence-electron chi connectivity index (χ1n) is 6.97. The average Bonchev–Trinajstić information content (AvgIpc) is 2.85. The lowest BCUT2D eigenvalue weighted by Crippen LogP contribution is -2.19. The Morgan fingerprint density at radius 2 is 2.00 bits per heavy atom. The number of hydrogen-bond acceptors (Lipinski definition) is 5. The molecule has 0 saturated heterocycles. The van der Waals surface area contributed by atoms with Crippen molar-refractivity contribution in [3.63, 3.8) is 0 Å². The van der Waals surface area contributed by atoms with E-state index in [1.165, 1.54) is 0 Å². The van der Waals surface area contributed by atoms with Gasteiger partial charge in [0.15, 0.2) is 0 Å². The van der Waals surface area contributed by atoms with Gasteiger partial charge in [-0.25, -0.2) is 9.97 Å². The van der Waals surface area contributed by atoms with Gasteiger partial charge in [0.25, 0.3) is 0 Å². The van der Waals surface area contributed by atoms with E-state index in [0.717, 1.165) is 36.6 Å². The molecule has 0 aromatic carbocycles. The minimum atomic E-state index is 0.668. The maximum absolute atomic E-state index is 5.56. The highest BCUT2D eigenvalue weighted by atomic mass is 16.3. The lowest BCUT2D eigenvalue weighted by atomic mass is 10.3. The van der Waals surface area contributed by atoms with E-state index in [1.807, 2.05) is 43.4 Å². The standard InChI is InChI=1S/C15H22N4O/c1-4-7-16-8-13-9-17-15(18-10-13)19(3)11-14-6-5-12(2)20-14/h5-6,9-10,16H,4,7-8,11H2,1-3H3. The van der Waals surface area contributed by atoms with E-state index in [0.29, 0.717) is 12.5 Å². The Morgan fingerprint density at radius 3 is 2.60 bits per heavy atom. The molecule has 0 fully saturated rings. The van der Waals surface area contributed by atoms with Crippen LogP contribution in [0.3, 0.4) is 0 Å². The molecule has 2 aromatic heterocycles. The van der Waals surface area contributed by atoms with Gasteiger partial charge in [-0.15, -0.1) is 0 Å². The number of aryl methyl sites for hydroxylation is 1. The number of nitrogens with zero attached hydrogens (tertiary/aromatic N) is 3. The van der Waals surface area contributed by atoms with E-state index in [2.05, 4.69) is 22.2 Å². The predicted molar refractivity (Wildman–Crippen MR) is 79.6 cm³/mol. The Labute approximate surface area is 120 Å². The van der Waals surface area contributed by atoms with E-state index in [-0.39, 0.29) is 0 Å². The molecule has 0 aliphatic heterocycles. The van der Waals surface area contributed by atoms with Gasteiger partial charge in [-0.1, -0.05) is 6.92 Å². The van der Waals surface area contributed by atoms with Crippen molar-refractivity contribution in [1.29, 1.82) is 0 Å². The van der Waals surface area contributed by atoms with Gasteiger partial charge < -0.3 is 14.6 Å².